The van der Waals surface area contributed by atoms with E-state index in [2.05, 4.69) is 5.10 Å². The highest BCUT2D eigenvalue weighted by Crippen LogP contribution is 2.31. The molecule has 4 N–H and O–H groups in total. The normalized spacial score (nSPS) is 20.7. The highest BCUT2D eigenvalue weighted by Gasteiger charge is 2.25. The molecule has 1 fully saturated rings. The zero-order chi connectivity index (χ0) is 17.1. The molecule has 0 unspecified atom stereocenters. The van der Waals surface area contributed by atoms with Crippen LogP contribution in [-0.4, -0.2) is 22.2 Å². The topological polar surface area (TPSA) is 104 Å². The summed E-state index contributed by atoms with van der Waals surface area (Å²) < 4.78 is 1.45. The third kappa shape index (κ3) is 3.23. The molecule has 1 aliphatic rings. The smallest absolute Gasteiger partial charge is 0.279 e. The number of aromatic nitrogens is 2. The van der Waals surface area contributed by atoms with Gasteiger partial charge >= 0.3 is 0 Å². The van der Waals surface area contributed by atoms with Crippen LogP contribution in [0.1, 0.15) is 42.1 Å². The zero-order valence-electron chi connectivity index (χ0n) is 13.5. The van der Waals surface area contributed by atoms with Crippen molar-refractivity contribution in [3.8, 4) is 11.3 Å². The number of rotatable bonds is 4. The molecule has 1 heterocycles. The van der Waals surface area contributed by atoms with Crippen molar-refractivity contribution in [2.45, 2.75) is 31.7 Å². The van der Waals surface area contributed by atoms with E-state index in [9.17, 15) is 9.59 Å². The van der Waals surface area contributed by atoms with E-state index in [-0.39, 0.29) is 11.6 Å². The number of hydrogen-bond donors (Lipinski definition) is 2. The second kappa shape index (κ2) is 6.97. The minimum atomic E-state index is -0.719. The lowest BCUT2D eigenvalue weighted by atomic mass is 9.86. The Bertz CT molecular complexity index is 777. The van der Waals surface area contributed by atoms with Crippen molar-refractivity contribution in [2.75, 3.05) is 6.54 Å². The highest BCUT2D eigenvalue weighted by molar-refractivity contribution is 5.93. The minimum Gasteiger partial charge on any atom is -0.365 e. The SMILES string of the molecule is NCC1CCC(n2nc(-c3ccccc3)cc(C(N)=O)c2=O)CC1. The zero-order valence-corrected chi connectivity index (χ0v) is 13.5. The molecule has 6 nitrogen and oxygen atoms in total. The van der Waals surface area contributed by atoms with Crippen LogP contribution in [0.25, 0.3) is 11.3 Å². The maximum absolute atomic E-state index is 12.6. The molecule has 24 heavy (non-hydrogen) atoms. The number of nitrogens with zero attached hydrogens (tertiary/aromatic N) is 2. The lowest BCUT2D eigenvalue weighted by Crippen LogP contribution is -2.36. The summed E-state index contributed by atoms with van der Waals surface area (Å²) >= 11 is 0. The van der Waals surface area contributed by atoms with Gasteiger partial charge in [-0.25, -0.2) is 4.68 Å². The first-order chi connectivity index (χ1) is 11.6. The molecular weight excluding hydrogens is 304 g/mol. The van der Waals surface area contributed by atoms with Crippen LogP contribution in [0.5, 0.6) is 0 Å². The van der Waals surface area contributed by atoms with Gasteiger partial charge in [0.2, 0.25) is 0 Å². The fourth-order valence-corrected chi connectivity index (χ4v) is 3.31. The summed E-state index contributed by atoms with van der Waals surface area (Å²) in [5.74, 6) is -0.214. The van der Waals surface area contributed by atoms with E-state index in [1.807, 2.05) is 30.3 Å². The molecule has 2 aromatic rings. The van der Waals surface area contributed by atoms with Crippen LogP contribution in [0, 0.1) is 5.92 Å². The van der Waals surface area contributed by atoms with Gasteiger partial charge in [-0.05, 0) is 44.2 Å². The Kier molecular flexibility index (Phi) is 4.76. The van der Waals surface area contributed by atoms with Crippen molar-refractivity contribution in [3.63, 3.8) is 0 Å². The van der Waals surface area contributed by atoms with Crippen molar-refractivity contribution in [3.05, 3.63) is 52.3 Å². The third-order valence-corrected chi connectivity index (χ3v) is 4.77. The highest BCUT2D eigenvalue weighted by atomic mass is 16.2. The summed E-state index contributed by atoms with van der Waals surface area (Å²) in [7, 11) is 0. The van der Waals surface area contributed by atoms with Gasteiger partial charge in [0.1, 0.15) is 5.56 Å². The van der Waals surface area contributed by atoms with Crippen molar-refractivity contribution >= 4 is 5.91 Å². The predicted molar refractivity (Wildman–Crippen MR) is 92.5 cm³/mol. The van der Waals surface area contributed by atoms with E-state index in [1.54, 1.807) is 0 Å². The average Bonchev–Trinajstić information content (AvgIpc) is 2.62. The molecule has 3 rings (SSSR count). The molecule has 6 heteroatoms. The van der Waals surface area contributed by atoms with E-state index in [4.69, 9.17) is 11.5 Å². The summed E-state index contributed by atoms with van der Waals surface area (Å²) in [6, 6.07) is 11.0. The second-order valence-corrected chi connectivity index (χ2v) is 6.33. The molecule has 0 saturated heterocycles. The van der Waals surface area contributed by atoms with Gasteiger partial charge < -0.3 is 11.5 Å². The first kappa shape index (κ1) is 16.4. The summed E-state index contributed by atoms with van der Waals surface area (Å²) in [6.45, 7) is 0.672. The van der Waals surface area contributed by atoms with Crippen molar-refractivity contribution in [2.24, 2.45) is 17.4 Å². The number of hydrogen-bond acceptors (Lipinski definition) is 4. The van der Waals surface area contributed by atoms with Gasteiger partial charge in [-0.15, -0.1) is 0 Å². The van der Waals surface area contributed by atoms with Crippen molar-refractivity contribution in [1.82, 2.24) is 9.78 Å². The predicted octanol–water partition coefficient (Wildman–Crippen LogP) is 1.70. The molecular formula is C18H22N4O2. The van der Waals surface area contributed by atoms with Crippen LogP contribution >= 0.6 is 0 Å². The molecule has 1 aromatic carbocycles. The van der Waals surface area contributed by atoms with Crippen molar-refractivity contribution in [1.29, 1.82) is 0 Å². The van der Waals surface area contributed by atoms with Gasteiger partial charge in [-0.2, -0.15) is 5.10 Å². The Balaban J connectivity index is 2.04. The number of primary amides is 1. The largest absolute Gasteiger partial charge is 0.365 e. The van der Waals surface area contributed by atoms with Gasteiger partial charge in [0, 0.05) is 5.56 Å². The molecule has 0 aliphatic heterocycles. The third-order valence-electron chi connectivity index (χ3n) is 4.77. The summed E-state index contributed by atoms with van der Waals surface area (Å²) in [4.78, 5) is 24.3. The lowest BCUT2D eigenvalue weighted by Gasteiger charge is -2.28. The van der Waals surface area contributed by atoms with E-state index in [0.29, 0.717) is 18.2 Å². The standard InChI is InChI=1S/C18H22N4O2/c19-11-12-6-8-14(9-7-12)22-18(24)15(17(20)23)10-16(21-22)13-4-2-1-3-5-13/h1-5,10,12,14H,6-9,11,19H2,(H2,20,23). The van der Waals surface area contributed by atoms with Crippen LogP contribution in [-0.2, 0) is 0 Å². The fourth-order valence-electron chi connectivity index (χ4n) is 3.31. The Morgan fingerprint density at radius 2 is 1.83 bits per heavy atom. The van der Waals surface area contributed by atoms with Crippen molar-refractivity contribution < 1.29 is 4.79 Å². The molecule has 0 spiro atoms. The van der Waals surface area contributed by atoms with Gasteiger partial charge in [0.05, 0.1) is 11.7 Å². The average molecular weight is 326 g/mol. The van der Waals surface area contributed by atoms with Crippen LogP contribution < -0.4 is 17.0 Å². The first-order valence-corrected chi connectivity index (χ1v) is 8.29. The molecule has 1 aromatic heterocycles. The van der Waals surface area contributed by atoms with Crippen LogP contribution in [0.4, 0.5) is 0 Å². The van der Waals surface area contributed by atoms with E-state index in [1.165, 1.54) is 10.7 Å². The Morgan fingerprint density at radius 3 is 2.42 bits per heavy atom. The van der Waals surface area contributed by atoms with Crippen LogP contribution in [0.3, 0.4) is 0 Å². The van der Waals surface area contributed by atoms with Gasteiger partial charge in [-0.3, -0.25) is 9.59 Å². The van der Waals surface area contributed by atoms with E-state index < -0.39 is 11.5 Å². The van der Waals surface area contributed by atoms with Gasteiger partial charge in [0.25, 0.3) is 11.5 Å². The number of carbonyl (C=O) groups is 1. The Hall–Kier alpha value is -2.47. The number of nitrogens with two attached hydrogens (primary N) is 2. The molecule has 1 amide bonds. The molecule has 1 aliphatic carbocycles. The fraction of sp³-hybridized carbons (Fsp3) is 0.389. The molecule has 1 saturated carbocycles. The molecule has 0 atom stereocenters. The monoisotopic (exact) mass is 326 g/mol. The van der Waals surface area contributed by atoms with Gasteiger partial charge in [-0.1, -0.05) is 30.3 Å². The lowest BCUT2D eigenvalue weighted by molar-refractivity contribution is 0.0997. The molecule has 126 valence electrons. The second-order valence-electron chi connectivity index (χ2n) is 6.33. The maximum atomic E-state index is 12.6. The Morgan fingerprint density at radius 1 is 1.17 bits per heavy atom. The van der Waals surface area contributed by atoms with Gasteiger partial charge in [0.15, 0.2) is 0 Å². The molecule has 0 radical (unpaired) electrons. The number of amides is 1. The summed E-state index contributed by atoms with van der Waals surface area (Å²) in [5.41, 5.74) is 12.2. The number of carbonyl (C=O) groups excluding carboxylic acids is 1. The minimum absolute atomic E-state index is 0.00944. The number of benzene rings is 1. The quantitative estimate of drug-likeness (QED) is 0.892. The van der Waals surface area contributed by atoms with Crippen LogP contribution in [0.15, 0.2) is 41.2 Å². The van der Waals surface area contributed by atoms with E-state index in [0.717, 1.165) is 31.2 Å². The first-order valence-electron chi connectivity index (χ1n) is 8.29. The summed E-state index contributed by atoms with van der Waals surface area (Å²) in [5, 5.41) is 4.53. The Labute approximate surface area is 140 Å². The maximum Gasteiger partial charge on any atom is 0.279 e. The molecule has 0 bridgehead atoms. The van der Waals surface area contributed by atoms with Crippen LogP contribution in [0.2, 0.25) is 0 Å². The summed E-state index contributed by atoms with van der Waals surface area (Å²) in [6.07, 6.45) is 3.62. The van der Waals surface area contributed by atoms with E-state index >= 15 is 0 Å².